The highest BCUT2D eigenvalue weighted by Gasteiger charge is 2.26. The van der Waals surface area contributed by atoms with Crippen LogP contribution in [0, 0.1) is 18.3 Å². The van der Waals surface area contributed by atoms with Gasteiger partial charge in [-0.1, -0.05) is 0 Å². The molecule has 2 N–H and O–H groups in total. The molecule has 4 aromatic rings. The van der Waals surface area contributed by atoms with Gasteiger partial charge in [-0.15, -0.1) is 21.5 Å². The number of carbonyl (C=O) groups is 1. The van der Waals surface area contributed by atoms with Crippen LogP contribution in [0.3, 0.4) is 0 Å². The summed E-state index contributed by atoms with van der Waals surface area (Å²) >= 11 is 1.34. The highest BCUT2D eigenvalue weighted by atomic mass is 32.1. The Bertz CT molecular complexity index is 1740. The van der Waals surface area contributed by atoms with E-state index >= 15 is 0 Å². The van der Waals surface area contributed by atoms with E-state index in [9.17, 15) is 10.1 Å². The van der Waals surface area contributed by atoms with Crippen molar-refractivity contribution in [1.82, 2.24) is 30.6 Å². The van der Waals surface area contributed by atoms with E-state index < -0.39 is 0 Å². The zero-order valence-electron chi connectivity index (χ0n) is 24.3. The average molecular weight is 611 g/mol. The topological polar surface area (TPSA) is 167 Å². The number of nitrogens with zero attached hydrogens (tertiary/aromatic N) is 8. The average Bonchev–Trinajstić information content (AvgIpc) is 3.85. The van der Waals surface area contributed by atoms with Gasteiger partial charge in [0.05, 0.1) is 30.3 Å². The van der Waals surface area contributed by atoms with E-state index in [0.29, 0.717) is 28.6 Å². The second kappa shape index (κ2) is 13.0. The molecule has 13 nitrogen and oxygen atoms in total. The number of tetrazole rings is 1. The maximum atomic E-state index is 13.6. The minimum Gasteiger partial charge on any atom is -0.493 e. The van der Waals surface area contributed by atoms with Crippen LogP contribution in [-0.4, -0.2) is 67.7 Å². The minimum atomic E-state index is -0.169. The molecule has 0 spiro atoms. The quantitative estimate of drug-likeness (QED) is 0.197. The van der Waals surface area contributed by atoms with Gasteiger partial charge >= 0.3 is 0 Å². The number of carbonyl (C=O) groups excluding carboxylic acids is 1. The van der Waals surface area contributed by atoms with E-state index in [1.807, 2.05) is 55.5 Å². The lowest BCUT2D eigenvalue weighted by Crippen LogP contribution is -2.32. The number of thiazole rings is 1. The summed E-state index contributed by atoms with van der Waals surface area (Å²) in [5.74, 6) is 1.35. The van der Waals surface area contributed by atoms with Crippen molar-refractivity contribution in [3.8, 4) is 28.1 Å². The van der Waals surface area contributed by atoms with Gasteiger partial charge in [0.25, 0.3) is 5.91 Å². The number of methoxy groups -OCH3 is 1. The number of hydrazone groups is 2. The van der Waals surface area contributed by atoms with Crippen LogP contribution in [-0.2, 0) is 0 Å². The number of nitriles is 1. The number of rotatable bonds is 9. The Balaban J connectivity index is 1.17. The molecular formula is C30H30N10O3S. The summed E-state index contributed by atoms with van der Waals surface area (Å²) in [5, 5.41) is 33.6. The molecule has 2 aromatic carbocycles. The first-order valence-electron chi connectivity index (χ1n) is 14.3. The van der Waals surface area contributed by atoms with Crippen molar-refractivity contribution in [3.05, 3.63) is 64.4 Å². The molecule has 0 radical (unpaired) electrons. The number of ether oxygens (including phenoxy) is 2. The van der Waals surface area contributed by atoms with Gasteiger partial charge < -0.3 is 9.47 Å². The molecule has 44 heavy (non-hydrogen) atoms. The molecule has 0 saturated heterocycles. The predicted molar refractivity (Wildman–Crippen MR) is 165 cm³/mol. The van der Waals surface area contributed by atoms with Crippen molar-refractivity contribution in [3.63, 3.8) is 0 Å². The third kappa shape index (κ3) is 6.28. The number of aromatic nitrogens is 5. The molecule has 2 aromatic heterocycles. The number of hydrogen-bond acceptors (Lipinski definition) is 12. The molecule has 6 rings (SSSR count). The van der Waals surface area contributed by atoms with Gasteiger partial charge in [0.15, 0.2) is 11.5 Å². The van der Waals surface area contributed by atoms with Crippen molar-refractivity contribution >= 4 is 34.4 Å². The summed E-state index contributed by atoms with van der Waals surface area (Å²) in [6.45, 7) is 2.37. The Morgan fingerprint density at radius 2 is 1.93 bits per heavy atom. The summed E-state index contributed by atoms with van der Waals surface area (Å²) in [6, 6.07) is 15.2. The Labute approximate surface area is 257 Å². The molecule has 1 amide bonds. The van der Waals surface area contributed by atoms with Crippen molar-refractivity contribution in [1.29, 1.82) is 5.26 Å². The molecule has 1 aliphatic heterocycles. The van der Waals surface area contributed by atoms with Gasteiger partial charge in [0, 0.05) is 17.7 Å². The van der Waals surface area contributed by atoms with Crippen molar-refractivity contribution in [2.45, 2.75) is 51.6 Å². The van der Waals surface area contributed by atoms with Crippen LogP contribution in [0.4, 0.5) is 5.69 Å². The van der Waals surface area contributed by atoms with Crippen molar-refractivity contribution in [2.75, 3.05) is 19.1 Å². The first-order valence-corrected chi connectivity index (χ1v) is 15.1. The normalized spacial score (nSPS) is 15.5. The molecule has 1 fully saturated rings. The largest absolute Gasteiger partial charge is 0.493 e. The zero-order valence-corrected chi connectivity index (χ0v) is 25.1. The van der Waals surface area contributed by atoms with Crippen molar-refractivity contribution < 1.29 is 14.3 Å². The fourth-order valence-electron chi connectivity index (χ4n) is 5.16. The minimum absolute atomic E-state index is 0.00472. The maximum Gasteiger partial charge on any atom is 0.285 e. The van der Waals surface area contributed by atoms with Crippen LogP contribution in [0.1, 0.15) is 65.3 Å². The molecule has 2 aliphatic rings. The fraction of sp³-hybridized carbons (Fsp3) is 0.333. The van der Waals surface area contributed by atoms with Crippen LogP contribution in [0.5, 0.6) is 11.5 Å². The lowest BCUT2D eigenvalue weighted by molar-refractivity contribution is 0.0755. The Morgan fingerprint density at radius 3 is 2.66 bits per heavy atom. The van der Waals surface area contributed by atoms with Gasteiger partial charge in [-0.25, -0.2) is 9.99 Å². The number of benzene rings is 2. The Kier molecular flexibility index (Phi) is 8.55. The van der Waals surface area contributed by atoms with E-state index in [1.165, 1.54) is 24.2 Å². The molecule has 1 aliphatic carbocycles. The first-order chi connectivity index (χ1) is 21.5. The third-order valence-corrected chi connectivity index (χ3v) is 8.63. The van der Waals surface area contributed by atoms with Crippen LogP contribution in [0.2, 0.25) is 0 Å². The summed E-state index contributed by atoms with van der Waals surface area (Å²) in [6.07, 6.45) is 6.23. The monoisotopic (exact) mass is 610 g/mol. The van der Waals surface area contributed by atoms with Crippen molar-refractivity contribution in [2.24, 2.45) is 10.2 Å². The maximum absolute atomic E-state index is 13.6. The summed E-state index contributed by atoms with van der Waals surface area (Å²) in [5.41, 5.74) is 6.74. The molecule has 0 atom stereocenters. The number of anilines is 1. The van der Waals surface area contributed by atoms with Gasteiger partial charge in [0.1, 0.15) is 16.0 Å². The molecular weight excluding hydrogens is 580 g/mol. The Hall–Kier alpha value is -5.16. The van der Waals surface area contributed by atoms with Crippen LogP contribution in [0.15, 0.2) is 52.7 Å². The highest BCUT2D eigenvalue weighted by Crippen LogP contribution is 2.34. The van der Waals surface area contributed by atoms with Crippen LogP contribution in [0.25, 0.3) is 10.6 Å². The van der Waals surface area contributed by atoms with Gasteiger partial charge in [0.2, 0.25) is 11.5 Å². The second-order valence-corrected chi connectivity index (χ2v) is 11.4. The predicted octanol–water partition coefficient (Wildman–Crippen LogP) is 4.94. The van der Waals surface area contributed by atoms with Gasteiger partial charge in [-0.05, 0) is 93.1 Å². The Morgan fingerprint density at radius 1 is 1.14 bits per heavy atom. The SMILES string of the molecule is COc1ccc(C2=NN(C(=O)c3sc(-c4ccc(NN=C(C#N)c5nn[nH]n5)cc4)nc3C)CCC2)cc1OC1CCCC1. The van der Waals surface area contributed by atoms with Gasteiger partial charge in [-0.3, -0.25) is 10.2 Å². The molecule has 0 bridgehead atoms. The molecule has 0 unspecified atom stereocenters. The smallest absolute Gasteiger partial charge is 0.285 e. The molecule has 14 heteroatoms. The van der Waals surface area contributed by atoms with Crippen LogP contribution < -0.4 is 14.9 Å². The molecule has 1 saturated carbocycles. The van der Waals surface area contributed by atoms with E-state index in [4.69, 9.17) is 14.6 Å². The molecule has 224 valence electrons. The summed E-state index contributed by atoms with van der Waals surface area (Å²) in [7, 11) is 1.64. The zero-order chi connectivity index (χ0) is 30.5. The number of hydrogen-bond donors (Lipinski definition) is 2. The fourth-order valence-corrected chi connectivity index (χ4v) is 6.17. The van der Waals surface area contributed by atoms with Gasteiger partial charge in [-0.2, -0.15) is 20.7 Å². The number of nitrogens with one attached hydrogen (secondary N) is 2. The lowest BCUT2D eigenvalue weighted by Gasteiger charge is -2.24. The number of H-pyrrole nitrogens is 1. The number of aromatic amines is 1. The summed E-state index contributed by atoms with van der Waals surface area (Å²) < 4.78 is 11.8. The second-order valence-electron chi connectivity index (χ2n) is 10.4. The number of aryl methyl sites for hydroxylation is 1. The lowest BCUT2D eigenvalue weighted by atomic mass is 10.0. The number of amides is 1. The van der Waals surface area contributed by atoms with E-state index in [0.717, 1.165) is 53.3 Å². The van der Waals surface area contributed by atoms with Crippen LogP contribution >= 0.6 is 11.3 Å². The van der Waals surface area contributed by atoms with E-state index in [1.54, 1.807) is 12.1 Å². The van der Waals surface area contributed by atoms with E-state index in [-0.39, 0.29) is 23.5 Å². The summed E-state index contributed by atoms with van der Waals surface area (Å²) in [4.78, 5) is 18.9. The first kappa shape index (κ1) is 28.9. The highest BCUT2D eigenvalue weighted by molar-refractivity contribution is 7.17. The third-order valence-electron chi connectivity index (χ3n) is 7.43. The standard InChI is InChI=1S/C30H30N10O3S/c1-18-27(44-29(32-18)19-9-12-21(13-10-19)33-34-24(17-31)28-35-38-39-36-28)30(41)40-15-5-8-23(37-40)20-11-14-25(42-2)26(16-20)43-22-6-3-4-7-22/h9-14,16,22,33H,3-8,15H2,1-2H3,(H,35,36,38,39). The van der Waals surface area contributed by atoms with E-state index in [2.05, 4.69) is 36.1 Å². The molecule has 3 heterocycles.